The standard InChI is InChI=1S/C21H27N3O2/c1-15-6-2-4-8-17(15)21(26)12-13-24(14-21)20(25)11-10-19-16-7-3-5-9-18(16)22-23-19/h2,4,6,8,26H,3,5,7,9-14H2,1H3,(H,22,23)/t21-/m0/s1. The van der Waals surface area contributed by atoms with Gasteiger partial charge >= 0.3 is 0 Å². The fourth-order valence-corrected chi connectivity index (χ4v) is 4.46. The first kappa shape index (κ1) is 17.3. The number of aromatic amines is 1. The summed E-state index contributed by atoms with van der Waals surface area (Å²) in [6.07, 6.45) is 6.33. The van der Waals surface area contributed by atoms with Crippen molar-refractivity contribution in [1.82, 2.24) is 15.1 Å². The molecular formula is C21H27N3O2. The van der Waals surface area contributed by atoms with E-state index in [-0.39, 0.29) is 5.91 Å². The number of aromatic nitrogens is 2. The summed E-state index contributed by atoms with van der Waals surface area (Å²) in [6.45, 7) is 3.01. The normalized spacial score (nSPS) is 22.5. The molecule has 0 radical (unpaired) electrons. The third-order valence-electron chi connectivity index (χ3n) is 5.96. The van der Waals surface area contributed by atoms with Gasteiger partial charge in [0.1, 0.15) is 5.60 Å². The van der Waals surface area contributed by atoms with Crippen LogP contribution in [0, 0.1) is 6.92 Å². The van der Waals surface area contributed by atoms with E-state index in [0.29, 0.717) is 32.4 Å². The third-order valence-corrected chi connectivity index (χ3v) is 5.96. The minimum absolute atomic E-state index is 0.113. The van der Waals surface area contributed by atoms with Gasteiger partial charge in [0.05, 0.1) is 12.2 Å². The Hall–Kier alpha value is -2.14. The minimum atomic E-state index is -0.924. The molecule has 5 nitrogen and oxygen atoms in total. The Bertz CT molecular complexity index is 813. The first-order valence-electron chi connectivity index (χ1n) is 9.68. The molecule has 0 saturated carbocycles. The van der Waals surface area contributed by atoms with Crippen LogP contribution in [0.15, 0.2) is 24.3 Å². The Kier molecular flexibility index (Phi) is 4.57. The number of carbonyl (C=O) groups excluding carboxylic acids is 1. The second kappa shape index (κ2) is 6.88. The van der Waals surface area contributed by atoms with Crippen LogP contribution in [-0.2, 0) is 29.7 Å². The minimum Gasteiger partial charge on any atom is -0.383 e. The Morgan fingerprint density at radius 1 is 1.31 bits per heavy atom. The summed E-state index contributed by atoms with van der Waals surface area (Å²) in [5, 5.41) is 18.6. The Balaban J connectivity index is 1.39. The molecular weight excluding hydrogens is 326 g/mol. The molecule has 5 heteroatoms. The van der Waals surface area contributed by atoms with Crippen molar-refractivity contribution >= 4 is 5.91 Å². The first-order chi connectivity index (χ1) is 12.6. The number of aryl methyl sites for hydroxylation is 3. The number of amides is 1. The van der Waals surface area contributed by atoms with E-state index in [2.05, 4.69) is 10.2 Å². The van der Waals surface area contributed by atoms with Gasteiger partial charge in [-0.1, -0.05) is 24.3 Å². The van der Waals surface area contributed by atoms with Crippen LogP contribution in [0.4, 0.5) is 0 Å². The predicted molar refractivity (Wildman–Crippen MR) is 99.8 cm³/mol. The lowest BCUT2D eigenvalue weighted by Crippen LogP contribution is -2.35. The molecule has 138 valence electrons. The molecule has 1 aliphatic carbocycles. The summed E-state index contributed by atoms with van der Waals surface area (Å²) in [4.78, 5) is 14.5. The SMILES string of the molecule is Cc1ccccc1[C@]1(O)CCN(C(=O)CCc2n[nH]c3c2CCCC3)C1. The Labute approximate surface area is 154 Å². The molecule has 2 N–H and O–H groups in total. The topological polar surface area (TPSA) is 69.2 Å². The summed E-state index contributed by atoms with van der Waals surface area (Å²) in [5.41, 5.74) is 4.74. The van der Waals surface area contributed by atoms with Gasteiger partial charge in [0, 0.05) is 25.1 Å². The molecule has 2 aliphatic rings. The highest BCUT2D eigenvalue weighted by atomic mass is 16.3. The van der Waals surface area contributed by atoms with Crippen molar-refractivity contribution in [2.24, 2.45) is 0 Å². The zero-order valence-corrected chi connectivity index (χ0v) is 15.4. The van der Waals surface area contributed by atoms with Crippen LogP contribution in [0.3, 0.4) is 0 Å². The first-order valence-corrected chi connectivity index (χ1v) is 9.68. The number of carbonyl (C=O) groups is 1. The maximum absolute atomic E-state index is 12.7. The number of β-amino-alcohol motifs (C(OH)–C–C–N with tert-alkyl or cyclic N) is 1. The van der Waals surface area contributed by atoms with Crippen LogP contribution in [0.25, 0.3) is 0 Å². The fraction of sp³-hybridized carbons (Fsp3) is 0.524. The number of hydrogen-bond acceptors (Lipinski definition) is 3. The van der Waals surface area contributed by atoms with E-state index in [1.807, 2.05) is 36.1 Å². The molecule has 4 rings (SSSR count). The zero-order valence-electron chi connectivity index (χ0n) is 15.4. The number of H-pyrrole nitrogens is 1. The molecule has 1 fully saturated rings. The van der Waals surface area contributed by atoms with Gasteiger partial charge in [-0.25, -0.2) is 0 Å². The summed E-state index contributed by atoms with van der Waals surface area (Å²) in [7, 11) is 0. The molecule has 1 saturated heterocycles. The molecule has 1 atom stereocenters. The lowest BCUT2D eigenvalue weighted by atomic mass is 9.89. The second-order valence-electron chi connectivity index (χ2n) is 7.75. The highest BCUT2D eigenvalue weighted by molar-refractivity contribution is 5.77. The van der Waals surface area contributed by atoms with Crippen LogP contribution < -0.4 is 0 Å². The van der Waals surface area contributed by atoms with Gasteiger partial charge in [0.2, 0.25) is 5.91 Å². The molecule has 0 unspecified atom stereocenters. The van der Waals surface area contributed by atoms with Crippen LogP contribution in [0.1, 0.15) is 53.8 Å². The van der Waals surface area contributed by atoms with Gasteiger partial charge < -0.3 is 10.0 Å². The highest BCUT2D eigenvalue weighted by Gasteiger charge is 2.40. The largest absolute Gasteiger partial charge is 0.383 e. The molecule has 1 aliphatic heterocycles. The van der Waals surface area contributed by atoms with Gasteiger partial charge in [-0.15, -0.1) is 0 Å². The van der Waals surface area contributed by atoms with E-state index < -0.39 is 5.60 Å². The predicted octanol–water partition coefficient (Wildman–Crippen LogP) is 2.65. The number of hydrogen-bond donors (Lipinski definition) is 2. The van der Waals surface area contributed by atoms with Crippen LogP contribution >= 0.6 is 0 Å². The molecule has 26 heavy (non-hydrogen) atoms. The van der Waals surface area contributed by atoms with Crippen molar-refractivity contribution in [1.29, 1.82) is 0 Å². The maximum Gasteiger partial charge on any atom is 0.223 e. The number of benzene rings is 1. The number of aliphatic hydroxyl groups is 1. The number of rotatable bonds is 4. The smallest absolute Gasteiger partial charge is 0.223 e. The average molecular weight is 353 g/mol. The van der Waals surface area contributed by atoms with E-state index in [0.717, 1.165) is 29.7 Å². The van der Waals surface area contributed by atoms with Crippen LogP contribution in [0.5, 0.6) is 0 Å². The van der Waals surface area contributed by atoms with Crippen molar-refractivity contribution in [3.63, 3.8) is 0 Å². The molecule has 1 amide bonds. The molecule has 2 aromatic rings. The van der Waals surface area contributed by atoms with Gasteiger partial charge in [-0.3, -0.25) is 9.89 Å². The fourth-order valence-electron chi connectivity index (χ4n) is 4.46. The second-order valence-corrected chi connectivity index (χ2v) is 7.75. The number of fused-ring (bicyclic) bond motifs is 1. The van der Waals surface area contributed by atoms with Gasteiger partial charge in [-0.05, 0) is 55.7 Å². The third kappa shape index (κ3) is 3.16. The Morgan fingerprint density at radius 3 is 2.96 bits per heavy atom. The number of nitrogens with one attached hydrogen (secondary N) is 1. The number of nitrogens with zero attached hydrogens (tertiary/aromatic N) is 2. The molecule has 2 heterocycles. The molecule has 1 aromatic heterocycles. The van der Waals surface area contributed by atoms with E-state index in [4.69, 9.17) is 0 Å². The zero-order chi connectivity index (χ0) is 18.1. The summed E-state index contributed by atoms with van der Waals surface area (Å²) in [5.74, 6) is 0.113. The Morgan fingerprint density at radius 2 is 2.12 bits per heavy atom. The summed E-state index contributed by atoms with van der Waals surface area (Å²) >= 11 is 0. The average Bonchev–Trinajstić information content (AvgIpc) is 3.25. The van der Waals surface area contributed by atoms with Crippen molar-refractivity contribution in [3.8, 4) is 0 Å². The van der Waals surface area contributed by atoms with Gasteiger partial charge in [0.25, 0.3) is 0 Å². The lowest BCUT2D eigenvalue weighted by molar-refractivity contribution is -0.131. The quantitative estimate of drug-likeness (QED) is 0.888. The van der Waals surface area contributed by atoms with Gasteiger partial charge in [0.15, 0.2) is 0 Å². The van der Waals surface area contributed by atoms with Gasteiger partial charge in [-0.2, -0.15) is 5.10 Å². The van der Waals surface area contributed by atoms with E-state index in [9.17, 15) is 9.90 Å². The van der Waals surface area contributed by atoms with Crippen molar-refractivity contribution in [2.45, 2.75) is 57.5 Å². The molecule has 0 bridgehead atoms. The van der Waals surface area contributed by atoms with Crippen molar-refractivity contribution < 1.29 is 9.90 Å². The summed E-state index contributed by atoms with van der Waals surface area (Å²) in [6, 6.07) is 7.91. The maximum atomic E-state index is 12.7. The van der Waals surface area contributed by atoms with E-state index in [1.54, 1.807) is 0 Å². The lowest BCUT2D eigenvalue weighted by Gasteiger charge is -2.25. The molecule has 0 spiro atoms. The monoisotopic (exact) mass is 353 g/mol. The highest BCUT2D eigenvalue weighted by Crippen LogP contribution is 2.34. The van der Waals surface area contributed by atoms with Crippen LogP contribution in [-0.4, -0.2) is 39.2 Å². The number of likely N-dealkylation sites (tertiary alicyclic amines) is 1. The summed E-state index contributed by atoms with van der Waals surface area (Å²) < 4.78 is 0. The van der Waals surface area contributed by atoms with Crippen LogP contribution in [0.2, 0.25) is 0 Å². The van der Waals surface area contributed by atoms with E-state index >= 15 is 0 Å². The van der Waals surface area contributed by atoms with Crippen molar-refractivity contribution in [3.05, 3.63) is 52.3 Å². The van der Waals surface area contributed by atoms with E-state index in [1.165, 1.54) is 24.1 Å². The van der Waals surface area contributed by atoms with Crippen molar-refractivity contribution in [2.75, 3.05) is 13.1 Å². The molecule has 1 aromatic carbocycles.